The van der Waals surface area contributed by atoms with E-state index in [0.717, 1.165) is 18.5 Å². The molecule has 1 aliphatic heterocycles. The van der Waals surface area contributed by atoms with E-state index in [4.69, 9.17) is 4.74 Å². The predicted octanol–water partition coefficient (Wildman–Crippen LogP) is 2.72. The summed E-state index contributed by atoms with van der Waals surface area (Å²) in [6, 6.07) is 4.71. The van der Waals surface area contributed by atoms with Crippen LogP contribution in [0.3, 0.4) is 0 Å². The molecule has 1 aromatic rings. The topological polar surface area (TPSA) is 79.7 Å². The Morgan fingerprint density at radius 1 is 1.39 bits per heavy atom. The molecule has 1 fully saturated rings. The maximum Gasteiger partial charge on any atom is 0.411 e. The third-order valence-corrected chi connectivity index (χ3v) is 3.83. The number of carboxylic acids is 1. The summed E-state index contributed by atoms with van der Waals surface area (Å²) in [5, 5.41) is 9.63. The van der Waals surface area contributed by atoms with Crippen molar-refractivity contribution in [3.8, 4) is 0 Å². The highest BCUT2D eigenvalue weighted by Gasteiger charge is 2.41. The molecular weight excluding hydrogens is 296 g/mol. The molecule has 0 aliphatic carbocycles. The van der Waals surface area contributed by atoms with Gasteiger partial charge >= 0.3 is 12.1 Å². The predicted molar refractivity (Wildman–Crippen MR) is 85.0 cm³/mol. The number of hydrogen-bond acceptors (Lipinski definition) is 4. The van der Waals surface area contributed by atoms with Crippen LogP contribution in [-0.4, -0.2) is 45.2 Å². The van der Waals surface area contributed by atoms with Gasteiger partial charge in [-0.25, -0.2) is 9.59 Å². The van der Waals surface area contributed by atoms with Gasteiger partial charge in [-0.1, -0.05) is 6.07 Å². The maximum atomic E-state index is 12.4. The number of hydrogen-bond donors (Lipinski definition) is 1. The van der Waals surface area contributed by atoms with Crippen molar-refractivity contribution in [2.45, 2.75) is 51.7 Å². The molecule has 2 atom stereocenters. The summed E-state index contributed by atoms with van der Waals surface area (Å²) in [5.41, 5.74) is 0.198. The molecule has 1 N–H and O–H groups in total. The third kappa shape index (κ3) is 4.68. The van der Waals surface area contributed by atoms with Crippen LogP contribution in [-0.2, 0) is 16.0 Å². The number of rotatable bonds is 3. The van der Waals surface area contributed by atoms with Crippen molar-refractivity contribution >= 4 is 12.1 Å². The van der Waals surface area contributed by atoms with Crippen molar-refractivity contribution in [3.63, 3.8) is 0 Å². The summed E-state index contributed by atoms with van der Waals surface area (Å²) in [7, 11) is 0. The second-order valence-electron chi connectivity index (χ2n) is 6.88. The van der Waals surface area contributed by atoms with E-state index in [2.05, 4.69) is 4.98 Å². The van der Waals surface area contributed by atoms with Gasteiger partial charge in [0.1, 0.15) is 11.6 Å². The van der Waals surface area contributed by atoms with Crippen LogP contribution in [0.5, 0.6) is 0 Å². The fraction of sp³-hybridized carbons (Fsp3) is 0.588. The van der Waals surface area contributed by atoms with E-state index in [-0.39, 0.29) is 5.92 Å². The number of carboxylic acid groups (broad SMARTS) is 1. The Hall–Kier alpha value is -2.11. The lowest BCUT2D eigenvalue weighted by Gasteiger charge is -2.39. The van der Waals surface area contributed by atoms with Gasteiger partial charge < -0.3 is 9.84 Å². The van der Waals surface area contributed by atoms with E-state index in [9.17, 15) is 14.7 Å². The van der Waals surface area contributed by atoms with Crippen LogP contribution in [0.25, 0.3) is 0 Å². The minimum atomic E-state index is -0.989. The van der Waals surface area contributed by atoms with Crippen molar-refractivity contribution in [2.75, 3.05) is 6.54 Å². The highest BCUT2D eigenvalue weighted by atomic mass is 16.6. The first-order chi connectivity index (χ1) is 10.8. The summed E-state index contributed by atoms with van der Waals surface area (Å²) in [5.74, 6) is -1.15. The van der Waals surface area contributed by atoms with Gasteiger partial charge in [0.15, 0.2) is 0 Å². The molecule has 0 radical (unpaired) electrons. The molecule has 1 aliphatic rings. The Labute approximate surface area is 136 Å². The number of amides is 1. The Morgan fingerprint density at radius 2 is 2.13 bits per heavy atom. The molecule has 126 valence electrons. The molecule has 0 saturated carbocycles. The lowest BCUT2D eigenvalue weighted by molar-refractivity contribution is -0.146. The first kappa shape index (κ1) is 17.2. The average Bonchev–Trinajstić information content (AvgIpc) is 2.46. The quantitative estimate of drug-likeness (QED) is 0.926. The largest absolute Gasteiger partial charge is 0.480 e. The van der Waals surface area contributed by atoms with Gasteiger partial charge in [-0.15, -0.1) is 0 Å². The summed E-state index contributed by atoms with van der Waals surface area (Å²) < 4.78 is 5.36. The number of pyridine rings is 1. The number of nitrogens with zero attached hydrogens (tertiary/aromatic N) is 2. The van der Waals surface area contributed by atoms with E-state index in [1.54, 1.807) is 27.0 Å². The van der Waals surface area contributed by atoms with Crippen molar-refractivity contribution in [2.24, 2.45) is 5.92 Å². The molecule has 1 saturated heterocycles. The summed E-state index contributed by atoms with van der Waals surface area (Å²) >= 11 is 0. The zero-order valence-corrected chi connectivity index (χ0v) is 13.9. The number of piperidine rings is 1. The Balaban J connectivity index is 2.16. The lowest BCUT2D eigenvalue weighted by Crippen LogP contribution is -2.54. The van der Waals surface area contributed by atoms with Crippen LogP contribution in [0.1, 0.15) is 39.3 Å². The number of ether oxygens (including phenoxy) is 1. The highest BCUT2D eigenvalue weighted by Crippen LogP contribution is 2.28. The Bertz CT molecular complexity index is 553. The molecule has 0 bridgehead atoms. The average molecular weight is 320 g/mol. The zero-order valence-electron chi connectivity index (χ0n) is 13.9. The van der Waals surface area contributed by atoms with Crippen LogP contribution in [0, 0.1) is 5.92 Å². The fourth-order valence-electron chi connectivity index (χ4n) is 2.94. The second-order valence-corrected chi connectivity index (χ2v) is 6.88. The van der Waals surface area contributed by atoms with E-state index in [1.165, 1.54) is 4.90 Å². The first-order valence-corrected chi connectivity index (χ1v) is 7.90. The van der Waals surface area contributed by atoms with Crippen LogP contribution in [0.2, 0.25) is 0 Å². The van der Waals surface area contributed by atoms with Gasteiger partial charge in [0, 0.05) is 18.4 Å². The van der Waals surface area contributed by atoms with E-state index >= 15 is 0 Å². The van der Waals surface area contributed by atoms with Crippen LogP contribution < -0.4 is 0 Å². The molecule has 2 rings (SSSR count). The van der Waals surface area contributed by atoms with Crippen molar-refractivity contribution in [1.29, 1.82) is 0 Å². The Morgan fingerprint density at radius 3 is 2.70 bits per heavy atom. The molecular formula is C17H24N2O4. The summed E-state index contributed by atoms with van der Waals surface area (Å²) in [6.45, 7) is 5.73. The summed E-state index contributed by atoms with van der Waals surface area (Å²) in [6.07, 6.45) is 3.19. The number of likely N-dealkylation sites (tertiary alicyclic amines) is 1. The van der Waals surface area contributed by atoms with Gasteiger partial charge in [-0.05, 0) is 58.1 Å². The lowest BCUT2D eigenvalue weighted by atomic mass is 9.85. The van der Waals surface area contributed by atoms with Crippen LogP contribution in [0.15, 0.2) is 24.4 Å². The minimum absolute atomic E-state index is 0.163. The SMILES string of the molecule is CC(C)(C)OC(=O)N1CCC[C@@H](Cc2ccccn2)[C@@H]1C(=O)O. The number of aliphatic carboxylic acids is 1. The van der Waals surface area contributed by atoms with E-state index in [0.29, 0.717) is 13.0 Å². The van der Waals surface area contributed by atoms with Gasteiger partial charge in [0.25, 0.3) is 0 Å². The number of aromatic nitrogens is 1. The third-order valence-electron chi connectivity index (χ3n) is 3.83. The minimum Gasteiger partial charge on any atom is -0.480 e. The van der Waals surface area contributed by atoms with Crippen LogP contribution >= 0.6 is 0 Å². The fourth-order valence-corrected chi connectivity index (χ4v) is 2.94. The van der Waals surface area contributed by atoms with Crippen molar-refractivity contribution in [3.05, 3.63) is 30.1 Å². The molecule has 0 spiro atoms. The molecule has 6 heteroatoms. The summed E-state index contributed by atoms with van der Waals surface area (Å²) in [4.78, 5) is 29.7. The maximum absolute atomic E-state index is 12.4. The molecule has 1 aromatic heterocycles. The van der Waals surface area contributed by atoms with Gasteiger partial charge in [0.05, 0.1) is 0 Å². The van der Waals surface area contributed by atoms with Gasteiger partial charge in [-0.2, -0.15) is 0 Å². The number of carbonyl (C=O) groups is 2. The molecule has 0 aromatic carbocycles. The highest BCUT2D eigenvalue weighted by molar-refractivity contribution is 5.80. The second kappa shape index (κ2) is 6.98. The zero-order chi connectivity index (χ0) is 17.0. The standard InChI is InChI=1S/C17H24N2O4/c1-17(2,3)23-16(22)19-10-6-7-12(14(19)15(20)21)11-13-8-4-5-9-18-13/h4-5,8-9,12,14H,6-7,10-11H2,1-3H3,(H,20,21)/t12-,14+/m0/s1. The van der Waals surface area contributed by atoms with Crippen molar-refractivity contribution in [1.82, 2.24) is 9.88 Å². The van der Waals surface area contributed by atoms with Gasteiger partial charge in [-0.3, -0.25) is 9.88 Å². The van der Waals surface area contributed by atoms with Gasteiger partial charge in [0.2, 0.25) is 0 Å². The normalized spacial score (nSPS) is 21.8. The molecule has 2 heterocycles. The molecule has 1 amide bonds. The van der Waals surface area contributed by atoms with E-state index < -0.39 is 23.7 Å². The van der Waals surface area contributed by atoms with E-state index in [1.807, 2.05) is 18.2 Å². The first-order valence-electron chi connectivity index (χ1n) is 7.90. The monoisotopic (exact) mass is 320 g/mol. The van der Waals surface area contributed by atoms with Crippen molar-refractivity contribution < 1.29 is 19.4 Å². The Kier molecular flexibility index (Phi) is 5.23. The molecule has 6 nitrogen and oxygen atoms in total. The van der Waals surface area contributed by atoms with Crippen LogP contribution in [0.4, 0.5) is 4.79 Å². The molecule has 0 unspecified atom stereocenters. The molecule has 23 heavy (non-hydrogen) atoms. The smallest absolute Gasteiger partial charge is 0.411 e. The number of carbonyl (C=O) groups excluding carboxylic acids is 1.